The van der Waals surface area contributed by atoms with E-state index in [4.69, 9.17) is 5.73 Å². The largest absolute Gasteiger partial charge is 0.394 e. The van der Waals surface area contributed by atoms with Gasteiger partial charge < -0.3 is 10.3 Å². The average molecular weight is 196 g/mol. The first-order valence-corrected chi connectivity index (χ1v) is 3.84. The molecule has 0 aliphatic carbocycles. The molecule has 2 aromatic rings. The Morgan fingerprint density at radius 1 is 1.21 bits per heavy atom. The smallest absolute Gasteiger partial charge is 0.195 e. The molecule has 0 aliphatic heterocycles. The van der Waals surface area contributed by atoms with Crippen LogP contribution in [0.25, 0.3) is 11.3 Å². The van der Waals surface area contributed by atoms with Gasteiger partial charge >= 0.3 is 0 Å². The van der Waals surface area contributed by atoms with Gasteiger partial charge in [-0.2, -0.15) is 0 Å². The van der Waals surface area contributed by atoms with Gasteiger partial charge in [-0.3, -0.25) is 0 Å². The predicted molar refractivity (Wildman–Crippen MR) is 46.3 cm³/mol. The fourth-order valence-electron chi connectivity index (χ4n) is 1.15. The zero-order valence-electron chi connectivity index (χ0n) is 7.00. The SMILES string of the molecule is Nc1cnoc1-c1c(F)cccc1F. The molecule has 0 aliphatic rings. The summed E-state index contributed by atoms with van der Waals surface area (Å²) in [5.74, 6) is -1.54. The van der Waals surface area contributed by atoms with Gasteiger partial charge in [0, 0.05) is 0 Å². The van der Waals surface area contributed by atoms with Gasteiger partial charge in [0.1, 0.15) is 17.3 Å². The van der Waals surface area contributed by atoms with Gasteiger partial charge in [0.25, 0.3) is 0 Å². The fourth-order valence-corrected chi connectivity index (χ4v) is 1.15. The molecule has 0 atom stereocenters. The van der Waals surface area contributed by atoms with Crippen molar-refractivity contribution in [2.45, 2.75) is 0 Å². The van der Waals surface area contributed by atoms with Crippen LogP contribution in [0.15, 0.2) is 28.9 Å². The van der Waals surface area contributed by atoms with E-state index in [0.29, 0.717) is 0 Å². The van der Waals surface area contributed by atoms with E-state index in [9.17, 15) is 8.78 Å². The molecule has 72 valence electrons. The Kier molecular flexibility index (Phi) is 1.92. The molecular weight excluding hydrogens is 190 g/mol. The normalized spacial score (nSPS) is 10.4. The second-order valence-electron chi connectivity index (χ2n) is 2.71. The van der Waals surface area contributed by atoms with Crippen LogP contribution < -0.4 is 5.73 Å². The molecule has 2 rings (SSSR count). The third-order valence-corrected chi connectivity index (χ3v) is 1.79. The lowest BCUT2D eigenvalue weighted by molar-refractivity contribution is 0.427. The second-order valence-corrected chi connectivity index (χ2v) is 2.71. The van der Waals surface area contributed by atoms with E-state index < -0.39 is 11.6 Å². The summed E-state index contributed by atoms with van der Waals surface area (Å²) in [6.45, 7) is 0. The van der Waals surface area contributed by atoms with Gasteiger partial charge in [-0.05, 0) is 12.1 Å². The van der Waals surface area contributed by atoms with E-state index >= 15 is 0 Å². The van der Waals surface area contributed by atoms with Crippen LogP contribution in [0.2, 0.25) is 0 Å². The number of rotatable bonds is 1. The number of nitrogen functional groups attached to an aromatic ring is 1. The molecule has 1 aromatic heterocycles. The van der Waals surface area contributed by atoms with Crippen molar-refractivity contribution in [3.05, 3.63) is 36.0 Å². The zero-order valence-corrected chi connectivity index (χ0v) is 7.00. The number of aromatic nitrogens is 1. The number of nitrogens with two attached hydrogens (primary N) is 1. The van der Waals surface area contributed by atoms with Gasteiger partial charge in [0.05, 0.1) is 11.8 Å². The summed E-state index contributed by atoms with van der Waals surface area (Å²) in [5, 5.41) is 3.35. The highest BCUT2D eigenvalue weighted by molar-refractivity contribution is 5.70. The molecule has 14 heavy (non-hydrogen) atoms. The van der Waals surface area contributed by atoms with Crippen molar-refractivity contribution < 1.29 is 13.3 Å². The second kappa shape index (κ2) is 3.10. The van der Waals surface area contributed by atoms with Crippen LogP contribution in [0.4, 0.5) is 14.5 Å². The Hall–Kier alpha value is -1.91. The monoisotopic (exact) mass is 196 g/mol. The van der Waals surface area contributed by atoms with E-state index in [1.807, 2.05) is 0 Å². The molecular formula is C9H6F2N2O. The first-order chi connectivity index (χ1) is 6.70. The molecule has 5 heteroatoms. The van der Waals surface area contributed by atoms with Crippen molar-refractivity contribution in [2.24, 2.45) is 0 Å². The van der Waals surface area contributed by atoms with Gasteiger partial charge in [0.2, 0.25) is 0 Å². The molecule has 1 heterocycles. The molecule has 0 spiro atoms. The highest BCUT2D eigenvalue weighted by Gasteiger charge is 2.17. The lowest BCUT2D eigenvalue weighted by atomic mass is 10.1. The summed E-state index contributed by atoms with van der Waals surface area (Å²) in [7, 11) is 0. The average Bonchev–Trinajstić information content (AvgIpc) is 2.52. The van der Waals surface area contributed by atoms with Crippen LogP contribution in [0.3, 0.4) is 0 Å². The van der Waals surface area contributed by atoms with Gasteiger partial charge in [0.15, 0.2) is 5.76 Å². The van der Waals surface area contributed by atoms with Crippen molar-refractivity contribution in [3.8, 4) is 11.3 Å². The number of halogens is 2. The maximum atomic E-state index is 13.2. The highest BCUT2D eigenvalue weighted by Crippen LogP contribution is 2.29. The van der Waals surface area contributed by atoms with Crippen molar-refractivity contribution in [3.63, 3.8) is 0 Å². The van der Waals surface area contributed by atoms with Crippen LogP contribution in [0.5, 0.6) is 0 Å². The number of benzene rings is 1. The van der Waals surface area contributed by atoms with Crippen LogP contribution in [-0.2, 0) is 0 Å². The summed E-state index contributed by atoms with van der Waals surface area (Å²) in [6.07, 6.45) is 1.20. The maximum absolute atomic E-state index is 13.2. The number of anilines is 1. The third-order valence-electron chi connectivity index (χ3n) is 1.79. The number of hydrogen-bond acceptors (Lipinski definition) is 3. The summed E-state index contributed by atoms with van der Waals surface area (Å²) < 4.78 is 31.1. The van der Waals surface area contributed by atoms with E-state index in [2.05, 4.69) is 9.68 Å². The molecule has 2 N–H and O–H groups in total. The molecule has 3 nitrogen and oxygen atoms in total. The Morgan fingerprint density at radius 2 is 1.86 bits per heavy atom. The van der Waals surface area contributed by atoms with E-state index in [1.54, 1.807) is 0 Å². The molecule has 1 aromatic carbocycles. The molecule has 0 saturated heterocycles. The quantitative estimate of drug-likeness (QED) is 0.760. The predicted octanol–water partition coefficient (Wildman–Crippen LogP) is 2.20. The van der Waals surface area contributed by atoms with Gasteiger partial charge in [-0.25, -0.2) is 8.78 Å². The van der Waals surface area contributed by atoms with E-state index in [0.717, 1.165) is 12.1 Å². The van der Waals surface area contributed by atoms with Gasteiger partial charge in [-0.1, -0.05) is 11.2 Å². The Labute approximate surface area is 78.1 Å². The lowest BCUT2D eigenvalue weighted by Crippen LogP contribution is -1.91. The standard InChI is InChI=1S/C9H6F2N2O/c10-5-2-1-3-6(11)8(5)9-7(12)4-13-14-9/h1-4H,12H2. The Balaban J connectivity index is 2.68. The Morgan fingerprint density at radius 3 is 2.36 bits per heavy atom. The zero-order chi connectivity index (χ0) is 10.1. The summed E-state index contributed by atoms with van der Waals surface area (Å²) in [5.41, 5.74) is 5.24. The van der Waals surface area contributed by atoms with E-state index in [1.165, 1.54) is 12.3 Å². The number of hydrogen-bond donors (Lipinski definition) is 1. The minimum Gasteiger partial charge on any atom is -0.394 e. The van der Waals surface area contributed by atoms with Crippen LogP contribution in [0.1, 0.15) is 0 Å². The third kappa shape index (κ3) is 1.22. The maximum Gasteiger partial charge on any atom is 0.195 e. The van der Waals surface area contributed by atoms with Crippen LogP contribution >= 0.6 is 0 Å². The molecule has 0 bridgehead atoms. The van der Waals surface area contributed by atoms with E-state index in [-0.39, 0.29) is 17.0 Å². The lowest BCUT2D eigenvalue weighted by Gasteiger charge is -2.00. The molecule has 0 fully saturated rings. The van der Waals surface area contributed by atoms with Crippen LogP contribution in [0, 0.1) is 11.6 Å². The first kappa shape index (κ1) is 8.68. The molecule has 0 amide bonds. The van der Waals surface area contributed by atoms with Crippen molar-refractivity contribution in [1.82, 2.24) is 5.16 Å². The highest BCUT2D eigenvalue weighted by atomic mass is 19.1. The van der Waals surface area contributed by atoms with Crippen molar-refractivity contribution >= 4 is 5.69 Å². The van der Waals surface area contributed by atoms with Gasteiger partial charge in [-0.15, -0.1) is 0 Å². The summed E-state index contributed by atoms with van der Waals surface area (Å²) >= 11 is 0. The first-order valence-electron chi connectivity index (χ1n) is 3.84. The molecule has 0 radical (unpaired) electrons. The minimum atomic E-state index is -0.728. The van der Waals surface area contributed by atoms with Crippen molar-refractivity contribution in [2.75, 3.05) is 5.73 Å². The Bertz CT molecular complexity index is 447. The van der Waals surface area contributed by atoms with Crippen LogP contribution in [-0.4, -0.2) is 5.16 Å². The topological polar surface area (TPSA) is 52.0 Å². The fraction of sp³-hybridized carbons (Fsp3) is 0. The number of nitrogens with zero attached hydrogens (tertiary/aromatic N) is 1. The minimum absolute atomic E-state index is 0.0828. The van der Waals surface area contributed by atoms with Crippen molar-refractivity contribution in [1.29, 1.82) is 0 Å². The summed E-state index contributed by atoms with van der Waals surface area (Å²) in [4.78, 5) is 0. The summed E-state index contributed by atoms with van der Waals surface area (Å²) in [6, 6.07) is 3.52. The molecule has 0 saturated carbocycles. The molecule has 0 unspecified atom stereocenters.